The van der Waals surface area contributed by atoms with Crippen LogP contribution in [0.1, 0.15) is 44.9 Å². The zero-order valence-electron chi connectivity index (χ0n) is 14.8. The van der Waals surface area contributed by atoms with Gasteiger partial charge in [-0.1, -0.05) is 0 Å². The highest BCUT2D eigenvalue weighted by Gasteiger charge is 2.29. The molecule has 2 aliphatic rings. The Balaban J connectivity index is 1.76. The van der Waals surface area contributed by atoms with Crippen LogP contribution in [0.25, 0.3) is 0 Å². The largest absolute Gasteiger partial charge is 0.444 e. The molecule has 24 heavy (non-hydrogen) atoms. The van der Waals surface area contributed by atoms with Gasteiger partial charge in [0.25, 0.3) is 0 Å². The summed E-state index contributed by atoms with van der Waals surface area (Å²) in [5.74, 6) is 0.985. The van der Waals surface area contributed by atoms with Crippen molar-refractivity contribution >= 4 is 11.9 Å². The summed E-state index contributed by atoms with van der Waals surface area (Å²) in [6.45, 7) is 8.54. The van der Waals surface area contributed by atoms with Crippen LogP contribution < -0.4 is 10.6 Å². The molecule has 0 spiro atoms. The Morgan fingerprint density at radius 2 is 2.12 bits per heavy atom. The van der Waals surface area contributed by atoms with Crippen LogP contribution in [0.15, 0.2) is 6.33 Å². The molecule has 2 N–H and O–H groups in total. The average Bonchev–Trinajstić information content (AvgIpc) is 2.52. The minimum Gasteiger partial charge on any atom is -0.444 e. The first-order valence-electron chi connectivity index (χ1n) is 8.65. The second-order valence-corrected chi connectivity index (χ2v) is 7.62. The highest BCUT2D eigenvalue weighted by molar-refractivity contribution is 5.69. The van der Waals surface area contributed by atoms with Crippen LogP contribution in [0.5, 0.6) is 0 Å². The first kappa shape index (κ1) is 17.0. The summed E-state index contributed by atoms with van der Waals surface area (Å²) >= 11 is 0. The Bertz CT molecular complexity index is 613. The predicted octanol–water partition coefficient (Wildman–Crippen LogP) is 1.70. The van der Waals surface area contributed by atoms with Crippen LogP contribution in [0.4, 0.5) is 10.6 Å². The monoisotopic (exact) mass is 333 g/mol. The lowest BCUT2D eigenvalue weighted by Gasteiger charge is -2.35. The smallest absolute Gasteiger partial charge is 0.410 e. The van der Waals surface area contributed by atoms with Crippen LogP contribution in [-0.4, -0.2) is 52.2 Å². The lowest BCUT2D eigenvalue weighted by molar-refractivity contribution is 0.0221. The Hall–Kier alpha value is -1.89. The number of ether oxygens (including phenoxy) is 1. The second kappa shape index (κ2) is 6.55. The number of hydrogen-bond acceptors (Lipinski definition) is 6. The predicted molar refractivity (Wildman–Crippen MR) is 91.8 cm³/mol. The summed E-state index contributed by atoms with van der Waals surface area (Å²) in [4.78, 5) is 25.2. The molecule has 1 aromatic heterocycles. The van der Waals surface area contributed by atoms with Gasteiger partial charge in [0.05, 0.1) is 12.2 Å². The number of anilines is 1. The van der Waals surface area contributed by atoms with Crippen molar-refractivity contribution in [2.24, 2.45) is 5.73 Å². The summed E-state index contributed by atoms with van der Waals surface area (Å²) in [5, 5.41) is 0. The fourth-order valence-electron chi connectivity index (χ4n) is 3.29. The second-order valence-electron chi connectivity index (χ2n) is 7.62. The van der Waals surface area contributed by atoms with E-state index in [2.05, 4.69) is 14.9 Å². The Kier molecular flexibility index (Phi) is 4.62. The Labute approximate surface area is 143 Å². The van der Waals surface area contributed by atoms with Gasteiger partial charge in [-0.2, -0.15) is 0 Å². The fourth-order valence-corrected chi connectivity index (χ4v) is 3.29. The van der Waals surface area contributed by atoms with E-state index in [9.17, 15) is 4.79 Å². The molecule has 7 nitrogen and oxygen atoms in total. The summed E-state index contributed by atoms with van der Waals surface area (Å²) in [6, 6.07) is 0.200. The van der Waals surface area contributed by atoms with Gasteiger partial charge in [0.15, 0.2) is 0 Å². The van der Waals surface area contributed by atoms with Crippen LogP contribution in [0.2, 0.25) is 0 Å². The number of fused-ring (bicyclic) bond motifs is 1. The minimum atomic E-state index is -0.488. The molecule has 3 rings (SSSR count). The maximum absolute atomic E-state index is 12.3. The molecule has 0 saturated carbocycles. The normalized spacial score (nSPS) is 21.4. The Morgan fingerprint density at radius 1 is 1.33 bits per heavy atom. The molecular formula is C17H27N5O2. The number of rotatable bonds is 1. The molecule has 2 aliphatic heterocycles. The molecule has 0 unspecified atom stereocenters. The van der Waals surface area contributed by atoms with Crippen molar-refractivity contribution in [3.8, 4) is 0 Å². The summed E-state index contributed by atoms with van der Waals surface area (Å²) in [6.07, 6.45) is 4.21. The molecule has 1 aromatic rings. The lowest BCUT2D eigenvalue weighted by Crippen LogP contribution is -2.45. The third kappa shape index (κ3) is 3.77. The van der Waals surface area contributed by atoms with Crippen molar-refractivity contribution < 1.29 is 9.53 Å². The van der Waals surface area contributed by atoms with E-state index < -0.39 is 5.60 Å². The van der Waals surface area contributed by atoms with Gasteiger partial charge in [-0.05, 0) is 40.0 Å². The van der Waals surface area contributed by atoms with Crippen LogP contribution in [0.3, 0.4) is 0 Å². The van der Waals surface area contributed by atoms with E-state index in [1.54, 1.807) is 11.2 Å². The zero-order chi connectivity index (χ0) is 17.3. The fraction of sp³-hybridized carbons (Fsp3) is 0.706. The van der Waals surface area contributed by atoms with Crippen LogP contribution in [-0.2, 0) is 17.7 Å². The van der Waals surface area contributed by atoms with Crippen molar-refractivity contribution in [2.45, 2.75) is 58.2 Å². The molecule has 0 radical (unpaired) electrons. The van der Waals surface area contributed by atoms with Gasteiger partial charge in [0.2, 0.25) is 0 Å². The number of piperidine rings is 1. The molecule has 0 aromatic carbocycles. The lowest BCUT2D eigenvalue weighted by atomic mass is 10.0. The minimum absolute atomic E-state index is 0.200. The number of hydrogen-bond donors (Lipinski definition) is 1. The maximum atomic E-state index is 12.3. The zero-order valence-corrected chi connectivity index (χ0v) is 14.8. The first-order valence-corrected chi connectivity index (χ1v) is 8.65. The van der Waals surface area contributed by atoms with Gasteiger partial charge >= 0.3 is 6.09 Å². The third-order valence-electron chi connectivity index (χ3n) is 4.39. The van der Waals surface area contributed by atoms with E-state index in [1.807, 2.05) is 20.8 Å². The maximum Gasteiger partial charge on any atom is 0.410 e. The number of nitrogens with zero attached hydrogens (tertiary/aromatic N) is 4. The molecule has 132 valence electrons. The average molecular weight is 333 g/mol. The van der Waals surface area contributed by atoms with Gasteiger partial charge < -0.3 is 20.3 Å². The van der Waals surface area contributed by atoms with Crippen molar-refractivity contribution in [1.82, 2.24) is 14.9 Å². The molecule has 3 heterocycles. The molecule has 1 atom stereocenters. The van der Waals surface area contributed by atoms with E-state index in [0.29, 0.717) is 13.1 Å². The summed E-state index contributed by atoms with van der Waals surface area (Å²) in [5.41, 5.74) is 7.67. The van der Waals surface area contributed by atoms with E-state index in [1.165, 1.54) is 0 Å². The molecule has 1 amide bonds. The topological polar surface area (TPSA) is 84.6 Å². The number of aromatic nitrogens is 2. The third-order valence-corrected chi connectivity index (χ3v) is 4.39. The highest BCUT2D eigenvalue weighted by atomic mass is 16.6. The van der Waals surface area contributed by atoms with Gasteiger partial charge in [0, 0.05) is 31.2 Å². The first-order chi connectivity index (χ1) is 11.3. The van der Waals surface area contributed by atoms with E-state index >= 15 is 0 Å². The quantitative estimate of drug-likeness (QED) is 0.842. The van der Waals surface area contributed by atoms with E-state index in [-0.39, 0.29) is 12.1 Å². The van der Waals surface area contributed by atoms with Crippen LogP contribution >= 0.6 is 0 Å². The molecule has 1 saturated heterocycles. The van der Waals surface area contributed by atoms with E-state index in [4.69, 9.17) is 10.5 Å². The van der Waals surface area contributed by atoms with E-state index in [0.717, 1.165) is 49.4 Å². The molecule has 0 aliphatic carbocycles. The Morgan fingerprint density at radius 3 is 2.83 bits per heavy atom. The molecule has 7 heteroatoms. The highest BCUT2D eigenvalue weighted by Crippen LogP contribution is 2.28. The van der Waals surface area contributed by atoms with Crippen molar-refractivity contribution in [2.75, 3.05) is 24.5 Å². The van der Waals surface area contributed by atoms with Gasteiger partial charge in [-0.3, -0.25) is 0 Å². The molecule has 0 bridgehead atoms. The number of amides is 1. The van der Waals surface area contributed by atoms with Crippen LogP contribution in [0, 0.1) is 0 Å². The SMILES string of the molecule is CC(C)(C)OC(=O)N1CCc2c(ncnc2N2CCC[C@@H](N)C2)C1. The summed E-state index contributed by atoms with van der Waals surface area (Å²) in [7, 11) is 0. The number of carbonyl (C=O) groups excluding carboxylic acids is 1. The van der Waals surface area contributed by atoms with Gasteiger partial charge in [-0.25, -0.2) is 14.8 Å². The van der Waals surface area contributed by atoms with Crippen molar-refractivity contribution in [1.29, 1.82) is 0 Å². The number of nitrogens with two attached hydrogens (primary N) is 1. The van der Waals surface area contributed by atoms with Crippen molar-refractivity contribution in [3.63, 3.8) is 0 Å². The molecule has 1 fully saturated rings. The van der Waals surface area contributed by atoms with Gasteiger partial charge in [-0.15, -0.1) is 0 Å². The molecular weight excluding hydrogens is 306 g/mol. The standard InChI is InChI=1S/C17H27N5O2/c1-17(2,3)24-16(23)22-8-6-13-14(10-22)19-11-20-15(13)21-7-4-5-12(18)9-21/h11-12H,4-10,18H2,1-3H3/t12-/m1/s1. The van der Waals surface area contributed by atoms with Gasteiger partial charge in [0.1, 0.15) is 17.7 Å². The van der Waals surface area contributed by atoms with Crippen molar-refractivity contribution in [3.05, 3.63) is 17.6 Å². The number of carbonyl (C=O) groups is 1. The summed E-state index contributed by atoms with van der Waals surface area (Å²) < 4.78 is 5.47.